The molecule has 0 aromatic heterocycles. The Kier molecular flexibility index (Phi) is 66.5. The molecule has 0 aromatic carbocycles. The fraction of sp³-hybridized carbons (Fsp3) is 0.947. The second-order valence-corrected chi connectivity index (χ2v) is 31.3. The average Bonchev–Trinajstić information content (AvgIpc) is 2.89. The molecule has 19 heteroatoms. The Morgan fingerprint density at radius 3 is 0.716 bits per heavy atom. The van der Waals surface area contributed by atoms with Crippen molar-refractivity contribution < 1.29 is 80.2 Å². The monoisotopic (exact) mass is 1400 g/mol. The van der Waals surface area contributed by atoms with Gasteiger partial charge in [-0.3, -0.25) is 37.3 Å². The molecule has 95 heavy (non-hydrogen) atoms. The molecule has 0 aliphatic rings. The first-order valence-electron chi connectivity index (χ1n) is 39.5. The highest BCUT2D eigenvalue weighted by atomic mass is 31.2. The summed E-state index contributed by atoms with van der Waals surface area (Å²) in [7, 11) is -9.91. The number of hydrogen-bond donors (Lipinski definition) is 3. The van der Waals surface area contributed by atoms with E-state index in [1.807, 2.05) is 0 Å². The average molecular weight is 1400 g/mol. The zero-order chi connectivity index (χ0) is 70.0. The Bertz CT molecular complexity index is 1840. The van der Waals surface area contributed by atoms with Gasteiger partial charge in [0.1, 0.15) is 19.3 Å². The highest BCUT2D eigenvalue weighted by Gasteiger charge is 2.30. The lowest BCUT2D eigenvalue weighted by atomic mass is 10.0. The Hall–Kier alpha value is -1.94. The van der Waals surface area contributed by atoms with Gasteiger partial charge in [0, 0.05) is 25.7 Å². The molecule has 0 radical (unpaired) electrons. The largest absolute Gasteiger partial charge is 0.472 e. The molecule has 2 unspecified atom stereocenters. The Morgan fingerprint density at radius 2 is 0.484 bits per heavy atom. The van der Waals surface area contributed by atoms with Crippen molar-refractivity contribution in [2.75, 3.05) is 39.6 Å². The number of ether oxygens (including phenoxy) is 4. The molecule has 0 aliphatic carbocycles. The van der Waals surface area contributed by atoms with Gasteiger partial charge in [-0.2, -0.15) is 0 Å². The molecule has 3 N–H and O–H groups in total. The third kappa shape index (κ3) is 70.3. The van der Waals surface area contributed by atoms with E-state index in [9.17, 15) is 43.2 Å². The third-order valence-corrected chi connectivity index (χ3v) is 19.6. The van der Waals surface area contributed by atoms with Gasteiger partial charge in [0.2, 0.25) is 0 Å². The first-order valence-corrected chi connectivity index (χ1v) is 42.5. The minimum atomic E-state index is -4.96. The standard InChI is InChI=1S/C76H148O17P2/c1-7-9-11-13-15-17-19-20-21-25-28-31-35-41-47-53-59-74(79)87-64-71(92-75(80)60-54-48-42-36-32-29-26-23-22-24-27-30-33-38-44-50-56-68(3)4)66-90-94(82,83)88-62-70(77)63-89-95(84,85)91-67-72(93-76(81)61-55-49-43-37-39-45-51-57-69(5)6)65-86-73(78)58-52-46-40-34-18-16-14-12-10-8-2/h68-72,77H,7-67H2,1-6H3,(H,82,83)(H,84,85)/t70-,71-,72-/m1/s1. The summed E-state index contributed by atoms with van der Waals surface area (Å²) < 4.78 is 68.5. The predicted molar refractivity (Wildman–Crippen MR) is 386 cm³/mol. The first-order chi connectivity index (χ1) is 45.9. The van der Waals surface area contributed by atoms with Gasteiger partial charge in [-0.15, -0.1) is 0 Å². The Balaban J connectivity index is 5.21. The van der Waals surface area contributed by atoms with E-state index in [2.05, 4.69) is 41.5 Å². The van der Waals surface area contributed by atoms with Crippen LogP contribution in [0.5, 0.6) is 0 Å². The van der Waals surface area contributed by atoms with Crippen LogP contribution in [0, 0.1) is 11.8 Å². The van der Waals surface area contributed by atoms with E-state index in [1.54, 1.807) is 0 Å². The summed E-state index contributed by atoms with van der Waals surface area (Å²) in [5, 5.41) is 10.6. The highest BCUT2D eigenvalue weighted by molar-refractivity contribution is 7.47. The van der Waals surface area contributed by atoms with Gasteiger partial charge >= 0.3 is 39.5 Å². The fourth-order valence-corrected chi connectivity index (χ4v) is 13.2. The van der Waals surface area contributed by atoms with Crippen LogP contribution in [0.3, 0.4) is 0 Å². The number of phosphoric acid groups is 2. The summed E-state index contributed by atoms with van der Waals surface area (Å²) in [6, 6.07) is 0. The van der Waals surface area contributed by atoms with Crippen LogP contribution in [0.4, 0.5) is 0 Å². The van der Waals surface area contributed by atoms with Crippen molar-refractivity contribution in [2.45, 2.75) is 413 Å². The molecule has 0 rings (SSSR count). The number of phosphoric ester groups is 2. The van der Waals surface area contributed by atoms with Crippen LogP contribution >= 0.6 is 15.6 Å². The number of carbonyl (C=O) groups excluding carboxylic acids is 4. The van der Waals surface area contributed by atoms with Gasteiger partial charge in [0.25, 0.3) is 0 Å². The molecule has 5 atom stereocenters. The van der Waals surface area contributed by atoms with Crippen LogP contribution in [-0.4, -0.2) is 96.7 Å². The van der Waals surface area contributed by atoms with E-state index in [4.69, 9.17) is 37.0 Å². The van der Waals surface area contributed by atoms with E-state index < -0.39 is 97.5 Å². The normalized spacial score (nSPS) is 14.0. The van der Waals surface area contributed by atoms with E-state index in [0.717, 1.165) is 95.8 Å². The van der Waals surface area contributed by atoms with E-state index in [0.29, 0.717) is 31.6 Å². The maximum Gasteiger partial charge on any atom is 0.472 e. The van der Waals surface area contributed by atoms with Crippen LogP contribution in [0.2, 0.25) is 0 Å². The van der Waals surface area contributed by atoms with Gasteiger partial charge in [0.15, 0.2) is 12.2 Å². The molecular weight excluding hydrogens is 1250 g/mol. The van der Waals surface area contributed by atoms with Crippen molar-refractivity contribution in [3.8, 4) is 0 Å². The summed E-state index contributed by atoms with van der Waals surface area (Å²) in [5.41, 5.74) is 0. The van der Waals surface area contributed by atoms with Crippen molar-refractivity contribution in [3.63, 3.8) is 0 Å². The highest BCUT2D eigenvalue weighted by Crippen LogP contribution is 2.45. The smallest absolute Gasteiger partial charge is 0.462 e. The van der Waals surface area contributed by atoms with Crippen LogP contribution < -0.4 is 0 Å². The minimum absolute atomic E-state index is 0.104. The SMILES string of the molecule is CCCCCCCCCCCCCCCCCCC(=O)OC[C@H](COP(=O)(O)OC[C@@H](O)COP(=O)(O)OC[C@@H](COC(=O)CCCCCCCCCCCC)OC(=O)CCCCCCCCCC(C)C)OC(=O)CCCCCCCCCCCCCCCCCCC(C)C. The zero-order valence-corrected chi connectivity index (χ0v) is 63.8. The van der Waals surface area contributed by atoms with Crippen molar-refractivity contribution >= 4 is 39.5 Å². The van der Waals surface area contributed by atoms with Crippen LogP contribution in [0.15, 0.2) is 0 Å². The molecule has 0 heterocycles. The summed E-state index contributed by atoms with van der Waals surface area (Å²) in [6.07, 6.45) is 55.6. The van der Waals surface area contributed by atoms with E-state index in [1.165, 1.54) is 212 Å². The van der Waals surface area contributed by atoms with Gasteiger partial charge in [-0.25, -0.2) is 9.13 Å². The van der Waals surface area contributed by atoms with Gasteiger partial charge in [-0.05, 0) is 37.5 Å². The molecule has 0 fully saturated rings. The Morgan fingerprint density at radius 1 is 0.284 bits per heavy atom. The van der Waals surface area contributed by atoms with Crippen molar-refractivity contribution in [1.82, 2.24) is 0 Å². The van der Waals surface area contributed by atoms with Gasteiger partial charge < -0.3 is 33.8 Å². The minimum Gasteiger partial charge on any atom is -0.462 e. The maximum atomic E-state index is 13.1. The second-order valence-electron chi connectivity index (χ2n) is 28.3. The zero-order valence-electron chi connectivity index (χ0n) is 62.0. The number of esters is 4. The third-order valence-electron chi connectivity index (χ3n) is 17.7. The summed E-state index contributed by atoms with van der Waals surface area (Å²) in [6.45, 7) is 9.56. The molecule has 564 valence electrons. The molecule has 0 saturated carbocycles. The number of aliphatic hydroxyl groups excluding tert-OH is 1. The van der Waals surface area contributed by atoms with Gasteiger partial charge in [-0.1, -0.05) is 343 Å². The summed E-state index contributed by atoms with van der Waals surface area (Å²) in [4.78, 5) is 72.7. The Labute approximate surface area is 581 Å². The lowest BCUT2D eigenvalue weighted by Crippen LogP contribution is -2.30. The van der Waals surface area contributed by atoms with Crippen LogP contribution in [-0.2, 0) is 65.4 Å². The lowest BCUT2D eigenvalue weighted by Gasteiger charge is -2.21. The number of carbonyl (C=O) groups is 4. The second kappa shape index (κ2) is 67.9. The van der Waals surface area contributed by atoms with E-state index in [-0.39, 0.29) is 25.7 Å². The lowest BCUT2D eigenvalue weighted by molar-refractivity contribution is -0.161. The van der Waals surface area contributed by atoms with Crippen LogP contribution in [0.25, 0.3) is 0 Å². The molecule has 17 nitrogen and oxygen atoms in total. The quantitative estimate of drug-likeness (QED) is 0.0222. The first kappa shape index (κ1) is 93.1. The molecule has 0 aromatic rings. The molecular formula is C76H148O17P2. The molecule has 0 aliphatic heterocycles. The van der Waals surface area contributed by atoms with E-state index >= 15 is 0 Å². The van der Waals surface area contributed by atoms with Crippen LogP contribution in [0.1, 0.15) is 395 Å². The molecule has 0 saturated heterocycles. The fourth-order valence-electron chi connectivity index (χ4n) is 11.7. The maximum absolute atomic E-state index is 13.1. The van der Waals surface area contributed by atoms with Gasteiger partial charge in [0.05, 0.1) is 26.4 Å². The molecule has 0 bridgehead atoms. The number of aliphatic hydroxyl groups is 1. The number of hydrogen-bond acceptors (Lipinski definition) is 15. The van der Waals surface area contributed by atoms with Crippen molar-refractivity contribution in [1.29, 1.82) is 0 Å². The number of unbranched alkanes of at least 4 members (excludes halogenated alkanes) is 45. The summed E-state index contributed by atoms with van der Waals surface area (Å²) in [5.74, 6) is -0.612. The molecule has 0 amide bonds. The van der Waals surface area contributed by atoms with Crippen molar-refractivity contribution in [3.05, 3.63) is 0 Å². The summed E-state index contributed by atoms with van der Waals surface area (Å²) >= 11 is 0. The van der Waals surface area contributed by atoms with Crippen molar-refractivity contribution in [2.24, 2.45) is 11.8 Å². The topological polar surface area (TPSA) is 237 Å². The molecule has 0 spiro atoms. The number of rotatable bonds is 75. The predicted octanol–water partition coefficient (Wildman–Crippen LogP) is 22.3.